The SMILES string of the molecule is COc1cccc([C@H]2CN(Cc3cc(C(C)=O)cn3C)C[C@@H]2C(=O)O)c1. The summed E-state index contributed by atoms with van der Waals surface area (Å²) in [6.45, 7) is 3.31. The van der Waals surface area contributed by atoms with Crippen LogP contribution in [0.15, 0.2) is 36.5 Å². The van der Waals surface area contributed by atoms with Gasteiger partial charge in [-0.15, -0.1) is 0 Å². The lowest BCUT2D eigenvalue weighted by Gasteiger charge is -2.17. The maximum Gasteiger partial charge on any atom is 0.308 e. The molecule has 6 nitrogen and oxygen atoms in total. The fourth-order valence-corrected chi connectivity index (χ4v) is 3.66. The Hall–Kier alpha value is -2.60. The maximum atomic E-state index is 11.8. The third kappa shape index (κ3) is 3.65. The van der Waals surface area contributed by atoms with Gasteiger partial charge in [0.05, 0.1) is 13.0 Å². The lowest BCUT2D eigenvalue weighted by Crippen LogP contribution is -2.24. The van der Waals surface area contributed by atoms with Crippen LogP contribution in [0.2, 0.25) is 0 Å². The highest BCUT2D eigenvalue weighted by Crippen LogP contribution is 2.35. The molecule has 1 aromatic heterocycles. The number of carboxylic acid groups (broad SMARTS) is 1. The van der Waals surface area contributed by atoms with Crippen LogP contribution in [0.5, 0.6) is 5.75 Å². The van der Waals surface area contributed by atoms with Crippen molar-refractivity contribution in [3.05, 3.63) is 53.3 Å². The summed E-state index contributed by atoms with van der Waals surface area (Å²) >= 11 is 0. The van der Waals surface area contributed by atoms with Gasteiger partial charge in [-0.25, -0.2) is 0 Å². The molecule has 1 fully saturated rings. The Kier molecular flexibility index (Phi) is 5.13. The monoisotopic (exact) mass is 356 g/mol. The van der Waals surface area contributed by atoms with E-state index in [1.165, 1.54) is 0 Å². The largest absolute Gasteiger partial charge is 0.497 e. The van der Waals surface area contributed by atoms with Crippen molar-refractivity contribution in [3.8, 4) is 5.75 Å². The molecule has 138 valence electrons. The summed E-state index contributed by atoms with van der Waals surface area (Å²) in [4.78, 5) is 25.5. The molecule has 1 aliphatic rings. The van der Waals surface area contributed by atoms with Crippen molar-refractivity contribution in [1.82, 2.24) is 9.47 Å². The Morgan fingerprint density at radius 2 is 2.04 bits per heavy atom. The van der Waals surface area contributed by atoms with Crippen LogP contribution in [-0.4, -0.2) is 46.5 Å². The van der Waals surface area contributed by atoms with E-state index in [-0.39, 0.29) is 11.7 Å². The molecule has 26 heavy (non-hydrogen) atoms. The molecule has 1 aliphatic heterocycles. The summed E-state index contributed by atoms with van der Waals surface area (Å²) in [5.41, 5.74) is 2.67. The van der Waals surface area contributed by atoms with Crippen molar-refractivity contribution in [2.24, 2.45) is 13.0 Å². The maximum absolute atomic E-state index is 11.8. The number of Topliss-reactive ketones (excluding diaryl/α,β-unsaturated/α-hetero) is 1. The summed E-state index contributed by atoms with van der Waals surface area (Å²) in [7, 11) is 3.52. The number of ether oxygens (including phenoxy) is 1. The molecule has 1 N–H and O–H groups in total. The molecule has 2 aromatic rings. The average molecular weight is 356 g/mol. The van der Waals surface area contributed by atoms with E-state index in [0.717, 1.165) is 17.0 Å². The van der Waals surface area contributed by atoms with E-state index in [4.69, 9.17) is 4.74 Å². The number of hydrogen-bond acceptors (Lipinski definition) is 4. The number of carbonyl (C=O) groups excluding carboxylic acids is 1. The minimum Gasteiger partial charge on any atom is -0.497 e. The molecule has 0 bridgehead atoms. The molecule has 1 aromatic carbocycles. The van der Waals surface area contributed by atoms with Crippen LogP contribution in [-0.2, 0) is 18.4 Å². The molecule has 0 amide bonds. The van der Waals surface area contributed by atoms with Crippen molar-refractivity contribution < 1.29 is 19.4 Å². The number of aliphatic carboxylic acids is 1. The number of nitrogens with zero attached hydrogens (tertiary/aromatic N) is 2. The van der Waals surface area contributed by atoms with E-state index in [9.17, 15) is 14.7 Å². The Morgan fingerprint density at radius 1 is 1.27 bits per heavy atom. The van der Waals surface area contributed by atoms with Crippen LogP contribution in [0.1, 0.15) is 34.5 Å². The molecule has 0 saturated carbocycles. The van der Waals surface area contributed by atoms with E-state index in [1.807, 2.05) is 48.1 Å². The highest BCUT2D eigenvalue weighted by atomic mass is 16.5. The van der Waals surface area contributed by atoms with Crippen molar-refractivity contribution >= 4 is 11.8 Å². The fourth-order valence-electron chi connectivity index (χ4n) is 3.66. The van der Waals surface area contributed by atoms with Crippen molar-refractivity contribution in [2.75, 3.05) is 20.2 Å². The number of aryl methyl sites for hydroxylation is 1. The number of aromatic nitrogens is 1. The van der Waals surface area contributed by atoms with Gasteiger partial charge < -0.3 is 14.4 Å². The normalized spacial score (nSPS) is 20.3. The minimum atomic E-state index is -0.781. The number of carboxylic acids is 1. The number of rotatable bonds is 6. The topological polar surface area (TPSA) is 71.8 Å². The second-order valence-corrected chi connectivity index (χ2v) is 6.91. The van der Waals surface area contributed by atoms with Gasteiger partial charge in [0.25, 0.3) is 0 Å². The van der Waals surface area contributed by atoms with Gasteiger partial charge in [-0.3, -0.25) is 14.5 Å². The van der Waals surface area contributed by atoms with Crippen molar-refractivity contribution in [1.29, 1.82) is 0 Å². The third-order valence-corrected chi connectivity index (χ3v) is 5.13. The zero-order valence-corrected chi connectivity index (χ0v) is 15.3. The van der Waals surface area contributed by atoms with Gasteiger partial charge in [0.15, 0.2) is 5.78 Å². The molecule has 0 unspecified atom stereocenters. The summed E-state index contributed by atoms with van der Waals surface area (Å²) in [5, 5.41) is 9.68. The number of benzene rings is 1. The van der Waals surface area contributed by atoms with E-state index >= 15 is 0 Å². The van der Waals surface area contributed by atoms with Crippen LogP contribution >= 0.6 is 0 Å². The lowest BCUT2D eigenvalue weighted by atomic mass is 9.89. The molecule has 1 saturated heterocycles. The smallest absolute Gasteiger partial charge is 0.308 e. The highest BCUT2D eigenvalue weighted by molar-refractivity contribution is 5.94. The van der Waals surface area contributed by atoms with Gasteiger partial charge in [-0.2, -0.15) is 0 Å². The van der Waals surface area contributed by atoms with Gasteiger partial charge in [0.1, 0.15) is 5.75 Å². The molecule has 3 rings (SSSR count). The Labute approximate surface area is 153 Å². The summed E-state index contributed by atoms with van der Waals surface area (Å²) in [6, 6.07) is 9.52. The average Bonchev–Trinajstić information content (AvgIpc) is 3.20. The van der Waals surface area contributed by atoms with Crippen LogP contribution in [0.3, 0.4) is 0 Å². The molecule has 0 aliphatic carbocycles. The quantitative estimate of drug-likeness (QED) is 0.806. The molecule has 6 heteroatoms. The number of carbonyl (C=O) groups is 2. The first-order valence-corrected chi connectivity index (χ1v) is 8.64. The minimum absolute atomic E-state index is 0.0333. The molecule has 2 atom stereocenters. The Morgan fingerprint density at radius 3 is 2.65 bits per heavy atom. The van der Waals surface area contributed by atoms with Crippen LogP contribution in [0, 0.1) is 5.92 Å². The lowest BCUT2D eigenvalue weighted by molar-refractivity contribution is -0.141. The van der Waals surface area contributed by atoms with Gasteiger partial charge in [-0.1, -0.05) is 12.1 Å². The predicted molar refractivity (Wildman–Crippen MR) is 97.6 cm³/mol. The van der Waals surface area contributed by atoms with E-state index in [2.05, 4.69) is 4.90 Å². The summed E-state index contributed by atoms with van der Waals surface area (Å²) in [5.74, 6) is -0.564. The standard InChI is InChI=1S/C20H24N2O4/c1-13(23)15-7-16(21(2)9-15)10-22-11-18(19(12-22)20(24)25)14-5-4-6-17(8-14)26-3/h4-9,18-19H,10-12H2,1-3H3,(H,24,25)/t18-,19+/m1/s1. The van der Waals surface area contributed by atoms with Crippen molar-refractivity contribution in [3.63, 3.8) is 0 Å². The first-order valence-electron chi connectivity index (χ1n) is 8.64. The first kappa shape index (κ1) is 18.2. The molecule has 0 spiro atoms. The number of likely N-dealkylation sites (tertiary alicyclic amines) is 1. The van der Waals surface area contributed by atoms with E-state index < -0.39 is 11.9 Å². The number of methoxy groups -OCH3 is 1. The van der Waals surface area contributed by atoms with Gasteiger partial charge in [-0.05, 0) is 30.7 Å². The number of ketones is 1. The Balaban J connectivity index is 1.81. The third-order valence-electron chi connectivity index (χ3n) is 5.13. The fraction of sp³-hybridized carbons (Fsp3) is 0.400. The highest BCUT2D eigenvalue weighted by Gasteiger charge is 2.38. The summed E-state index contributed by atoms with van der Waals surface area (Å²) in [6.07, 6.45) is 1.82. The zero-order chi connectivity index (χ0) is 18.8. The van der Waals surface area contributed by atoms with Gasteiger partial charge in [0.2, 0.25) is 0 Å². The summed E-state index contributed by atoms with van der Waals surface area (Å²) < 4.78 is 7.21. The first-order chi connectivity index (χ1) is 12.4. The molecule has 0 radical (unpaired) electrons. The van der Waals surface area contributed by atoms with E-state index in [0.29, 0.717) is 25.2 Å². The zero-order valence-electron chi connectivity index (χ0n) is 15.3. The molecular formula is C20H24N2O4. The van der Waals surface area contributed by atoms with Gasteiger partial charge in [0, 0.05) is 50.1 Å². The predicted octanol–water partition coefficient (Wildman–Crippen LogP) is 2.54. The second-order valence-electron chi connectivity index (χ2n) is 6.91. The molecular weight excluding hydrogens is 332 g/mol. The van der Waals surface area contributed by atoms with Gasteiger partial charge >= 0.3 is 5.97 Å². The van der Waals surface area contributed by atoms with Crippen molar-refractivity contribution in [2.45, 2.75) is 19.4 Å². The van der Waals surface area contributed by atoms with E-state index in [1.54, 1.807) is 14.0 Å². The van der Waals surface area contributed by atoms with Crippen LogP contribution < -0.4 is 4.74 Å². The number of hydrogen-bond donors (Lipinski definition) is 1. The van der Waals surface area contributed by atoms with Crippen LogP contribution in [0.25, 0.3) is 0 Å². The Bertz CT molecular complexity index is 827. The second kappa shape index (κ2) is 7.33. The van der Waals surface area contributed by atoms with Crippen LogP contribution in [0.4, 0.5) is 0 Å². The molecule has 2 heterocycles.